The molecular weight excluding hydrogens is 432 g/mol. The van der Waals surface area contributed by atoms with Crippen LogP contribution in [0.25, 0.3) is 0 Å². The van der Waals surface area contributed by atoms with Crippen LogP contribution >= 0.6 is 0 Å². The Morgan fingerprint density at radius 1 is 0.545 bits per heavy atom. The molecule has 0 bridgehead atoms. The second-order valence-corrected chi connectivity index (χ2v) is 8.96. The Kier molecular flexibility index (Phi) is 14.1. The van der Waals surface area contributed by atoms with Gasteiger partial charge in [-0.25, -0.2) is 0 Å². The van der Waals surface area contributed by atoms with Crippen molar-refractivity contribution in [2.45, 2.75) is 41.5 Å². The van der Waals surface area contributed by atoms with Gasteiger partial charge in [0.15, 0.2) is 0 Å². The molecule has 0 atom stereocenters. The normalized spacial score (nSPS) is 11.6. The summed E-state index contributed by atoms with van der Waals surface area (Å²) < 4.78 is 16.9. The van der Waals surface area contributed by atoms with Gasteiger partial charge in [-0.1, -0.05) is 41.5 Å². The average Bonchev–Trinajstić information content (AvgIpc) is 2.76. The van der Waals surface area contributed by atoms with Crippen LogP contribution in [0.15, 0.2) is 0 Å². The van der Waals surface area contributed by atoms with Gasteiger partial charge in [-0.2, -0.15) is 15.0 Å². The summed E-state index contributed by atoms with van der Waals surface area (Å²) in [5.74, 6) is 1.35. The first-order chi connectivity index (χ1) is 15.7. The molecule has 0 aliphatic rings. The minimum absolute atomic E-state index is 0.0590. The van der Waals surface area contributed by atoms with E-state index in [2.05, 4.69) is 15.0 Å². The Bertz CT molecular complexity index is 554. The lowest BCUT2D eigenvalue weighted by molar-refractivity contribution is 0.0931. The van der Waals surface area contributed by atoms with Crippen molar-refractivity contribution in [2.75, 3.05) is 74.9 Å². The molecular formula is C21H42N6O6. The van der Waals surface area contributed by atoms with E-state index in [4.69, 9.17) is 14.2 Å². The molecule has 0 aromatic carbocycles. The molecule has 0 saturated heterocycles. The number of aromatic nitrogens is 3. The van der Waals surface area contributed by atoms with E-state index in [-0.39, 0.29) is 38.0 Å². The molecule has 12 heteroatoms. The van der Waals surface area contributed by atoms with Crippen LogP contribution < -0.4 is 14.7 Å². The maximum Gasteiger partial charge on any atom is 0.235 e. The molecule has 192 valence electrons. The summed E-state index contributed by atoms with van der Waals surface area (Å²) in [7, 11) is 0. The Morgan fingerprint density at radius 3 is 0.970 bits per heavy atom. The average molecular weight is 475 g/mol. The van der Waals surface area contributed by atoms with Crippen LogP contribution in [0.4, 0.5) is 17.8 Å². The van der Waals surface area contributed by atoms with Gasteiger partial charge in [0.25, 0.3) is 0 Å². The first kappa shape index (κ1) is 29.2. The third-order valence-corrected chi connectivity index (χ3v) is 4.06. The summed E-state index contributed by atoms with van der Waals surface area (Å²) in [5.41, 5.74) is 0. The molecule has 0 spiro atoms. The number of nitrogens with zero attached hydrogens (tertiary/aromatic N) is 6. The van der Waals surface area contributed by atoms with E-state index in [0.717, 1.165) is 0 Å². The van der Waals surface area contributed by atoms with Crippen molar-refractivity contribution in [3.8, 4) is 0 Å². The zero-order chi connectivity index (χ0) is 24.8. The second-order valence-electron chi connectivity index (χ2n) is 8.96. The molecule has 0 unspecified atom stereocenters. The Labute approximate surface area is 197 Å². The van der Waals surface area contributed by atoms with Crippen LogP contribution in [0.1, 0.15) is 41.5 Å². The van der Waals surface area contributed by atoms with Gasteiger partial charge in [0.05, 0.1) is 19.8 Å². The number of aliphatic hydroxyl groups is 3. The molecule has 3 N–H and O–H groups in total. The van der Waals surface area contributed by atoms with Gasteiger partial charge in [-0.15, -0.1) is 0 Å². The van der Waals surface area contributed by atoms with Crippen molar-refractivity contribution in [1.29, 1.82) is 0 Å². The molecule has 1 aromatic rings. The summed E-state index contributed by atoms with van der Waals surface area (Å²) in [6, 6.07) is 0. The van der Waals surface area contributed by atoms with Crippen molar-refractivity contribution >= 4 is 17.8 Å². The van der Waals surface area contributed by atoms with Gasteiger partial charge >= 0.3 is 0 Å². The van der Waals surface area contributed by atoms with E-state index >= 15 is 0 Å². The van der Waals surface area contributed by atoms with Gasteiger partial charge in [0.1, 0.15) is 40.4 Å². The highest BCUT2D eigenvalue weighted by molar-refractivity contribution is 5.45. The summed E-state index contributed by atoms with van der Waals surface area (Å²) >= 11 is 0. The molecule has 0 aliphatic carbocycles. The van der Waals surface area contributed by atoms with Crippen LogP contribution in [0.2, 0.25) is 0 Å². The third-order valence-electron chi connectivity index (χ3n) is 4.06. The highest BCUT2D eigenvalue weighted by atomic mass is 16.5. The first-order valence-corrected chi connectivity index (χ1v) is 11.3. The second kappa shape index (κ2) is 15.9. The van der Waals surface area contributed by atoms with Gasteiger partial charge in [0, 0.05) is 0 Å². The van der Waals surface area contributed by atoms with Gasteiger partial charge in [-0.05, 0) is 17.8 Å². The Balaban J connectivity index is 3.21. The lowest BCUT2D eigenvalue weighted by Gasteiger charge is -2.27. The lowest BCUT2D eigenvalue weighted by atomic mass is 10.2. The van der Waals surface area contributed by atoms with Crippen LogP contribution in [-0.2, 0) is 14.2 Å². The first-order valence-electron chi connectivity index (χ1n) is 11.3. The van der Waals surface area contributed by atoms with Crippen LogP contribution in [-0.4, -0.2) is 90.5 Å². The minimum Gasteiger partial charge on any atom is -0.376 e. The predicted molar refractivity (Wildman–Crippen MR) is 125 cm³/mol. The molecule has 0 aliphatic heterocycles. The lowest BCUT2D eigenvalue weighted by Crippen LogP contribution is -2.36. The van der Waals surface area contributed by atoms with Crippen molar-refractivity contribution in [1.82, 2.24) is 15.0 Å². The zero-order valence-electron chi connectivity index (χ0n) is 20.8. The van der Waals surface area contributed by atoms with Crippen molar-refractivity contribution in [3.05, 3.63) is 0 Å². The summed E-state index contributed by atoms with van der Waals surface area (Å²) in [6.07, 6.45) is 0. The number of hydrogen-bond acceptors (Lipinski definition) is 12. The largest absolute Gasteiger partial charge is 0.376 e. The van der Waals surface area contributed by atoms with Crippen LogP contribution in [0.3, 0.4) is 0 Å². The van der Waals surface area contributed by atoms with Crippen LogP contribution in [0, 0.1) is 17.8 Å². The van der Waals surface area contributed by atoms with Crippen molar-refractivity contribution in [3.63, 3.8) is 0 Å². The highest BCUT2D eigenvalue weighted by Gasteiger charge is 2.20. The summed E-state index contributed by atoms with van der Waals surface area (Å²) in [6.45, 7) is 12.6. The monoisotopic (exact) mass is 474 g/mol. The summed E-state index contributed by atoms with van der Waals surface area (Å²) in [4.78, 5) is 17.5. The van der Waals surface area contributed by atoms with Gasteiger partial charge < -0.3 is 29.5 Å². The maximum atomic E-state index is 9.89. The van der Waals surface area contributed by atoms with E-state index in [1.54, 1.807) is 0 Å². The predicted octanol–water partition coefficient (Wildman–Crippen LogP) is 1.03. The zero-order valence-corrected chi connectivity index (χ0v) is 20.8. The molecule has 1 rings (SSSR count). The molecule has 1 heterocycles. The Hall–Kier alpha value is -1.83. The molecule has 33 heavy (non-hydrogen) atoms. The number of hydrogen-bond donors (Lipinski definition) is 3. The number of anilines is 3. The standard InChI is InChI=1S/C21H42N6O6/c1-16(2)7-31-13-25(10-28)19-22-20(26(11-29)14-32-8-17(3)4)24-21(23-19)27(12-30)15-33-9-18(5)6/h16-18,28-30H,7-15H2,1-6H3. The number of aliphatic hydroxyl groups excluding tert-OH is 3. The van der Waals surface area contributed by atoms with Crippen molar-refractivity contribution in [2.24, 2.45) is 17.8 Å². The van der Waals surface area contributed by atoms with E-state index in [0.29, 0.717) is 37.6 Å². The smallest absolute Gasteiger partial charge is 0.235 e. The van der Waals surface area contributed by atoms with E-state index in [1.165, 1.54) is 14.7 Å². The van der Waals surface area contributed by atoms with E-state index < -0.39 is 20.2 Å². The molecule has 0 radical (unpaired) electrons. The van der Waals surface area contributed by atoms with Gasteiger partial charge in [-0.3, -0.25) is 14.7 Å². The topological polar surface area (TPSA) is 137 Å². The fourth-order valence-corrected chi connectivity index (χ4v) is 2.45. The quantitative estimate of drug-likeness (QED) is 0.262. The molecule has 0 fully saturated rings. The minimum atomic E-state index is -0.396. The van der Waals surface area contributed by atoms with E-state index in [1.807, 2.05) is 41.5 Å². The highest BCUT2D eigenvalue weighted by Crippen LogP contribution is 2.19. The van der Waals surface area contributed by atoms with Crippen LogP contribution in [0.5, 0.6) is 0 Å². The third kappa shape index (κ3) is 11.2. The Morgan fingerprint density at radius 2 is 0.788 bits per heavy atom. The van der Waals surface area contributed by atoms with Gasteiger partial charge in [0.2, 0.25) is 17.8 Å². The fraction of sp³-hybridized carbons (Fsp3) is 0.857. The summed E-state index contributed by atoms with van der Waals surface area (Å²) in [5, 5.41) is 29.7. The molecule has 12 nitrogen and oxygen atoms in total. The molecule has 0 amide bonds. The van der Waals surface area contributed by atoms with Crippen molar-refractivity contribution < 1.29 is 29.5 Å². The number of rotatable bonds is 18. The van der Waals surface area contributed by atoms with E-state index in [9.17, 15) is 15.3 Å². The molecule has 0 saturated carbocycles. The molecule has 1 aromatic heterocycles. The SMILES string of the molecule is CC(C)COCN(CO)c1nc(N(CO)COCC(C)C)nc(N(CO)COCC(C)C)n1. The fourth-order valence-electron chi connectivity index (χ4n) is 2.45. The maximum absolute atomic E-state index is 9.89. The number of ether oxygens (including phenoxy) is 3.